The molecule has 2 aromatic heterocycles. The molecule has 2 heterocycles. The van der Waals surface area contributed by atoms with Crippen molar-refractivity contribution in [1.82, 2.24) is 20.4 Å². The quantitative estimate of drug-likeness (QED) is 0.659. The number of benzene rings is 1. The highest BCUT2D eigenvalue weighted by atomic mass is 16.5. The number of carbonyl (C=O) groups is 2. The predicted octanol–water partition coefficient (Wildman–Crippen LogP) is 3.70. The van der Waals surface area contributed by atoms with E-state index in [2.05, 4.69) is 20.4 Å². The molecule has 1 atom stereocenters. The average molecular weight is 376 g/mol. The molecule has 1 fully saturated rings. The zero-order valence-electron chi connectivity index (χ0n) is 15.7. The molecule has 1 N–H and O–H groups in total. The van der Waals surface area contributed by atoms with E-state index in [-0.39, 0.29) is 11.7 Å². The minimum absolute atomic E-state index is 0.0906. The van der Waals surface area contributed by atoms with Gasteiger partial charge in [-0.2, -0.15) is 4.98 Å². The van der Waals surface area contributed by atoms with Gasteiger partial charge in [-0.15, -0.1) is 0 Å². The number of hydrogen-bond acceptors (Lipinski definition) is 6. The summed E-state index contributed by atoms with van der Waals surface area (Å²) >= 11 is 0. The fraction of sp³-hybridized carbons (Fsp3) is 0.286. The summed E-state index contributed by atoms with van der Waals surface area (Å²) in [4.78, 5) is 32.8. The molecule has 1 aliphatic carbocycles. The van der Waals surface area contributed by atoms with Crippen molar-refractivity contribution in [2.75, 3.05) is 0 Å². The first kappa shape index (κ1) is 18.0. The lowest BCUT2D eigenvalue weighted by molar-refractivity contribution is 0.0932. The third-order valence-corrected chi connectivity index (χ3v) is 4.73. The Bertz CT molecular complexity index is 1040. The van der Waals surface area contributed by atoms with Crippen LogP contribution in [0.4, 0.5) is 0 Å². The lowest BCUT2D eigenvalue weighted by atomic mass is 10.1. The van der Waals surface area contributed by atoms with Crippen molar-refractivity contribution in [2.24, 2.45) is 0 Å². The molecule has 0 spiro atoms. The monoisotopic (exact) mass is 376 g/mol. The van der Waals surface area contributed by atoms with E-state index < -0.39 is 6.04 Å². The number of pyridine rings is 1. The Kier molecular flexibility index (Phi) is 4.73. The van der Waals surface area contributed by atoms with E-state index in [4.69, 9.17) is 4.52 Å². The maximum absolute atomic E-state index is 12.5. The van der Waals surface area contributed by atoms with Crippen LogP contribution in [0, 0.1) is 0 Å². The van der Waals surface area contributed by atoms with Gasteiger partial charge in [0.25, 0.3) is 5.91 Å². The van der Waals surface area contributed by atoms with Crippen LogP contribution in [-0.2, 0) is 0 Å². The number of ketones is 1. The largest absolute Gasteiger partial charge is 0.341 e. The van der Waals surface area contributed by atoms with E-state index in [1.54, 1.807) is 37.4 Å². The standard InChI is InChI=1S/C21H20N4O3/c1-12(23-20(27)17-5-3-4-15(10-17)13(2)26)21-24-19(25-28-21)16-8-9-22-18(11-16)14-6-7-14/h3-5,8-12,14H,6-7H2,1-2H3,(H,23,27)/t12-/m0/s1. The molecule has 1 aliphatic rings. The van der Waals surface area contributed by atoms with Gasteiger partial charge in [-0.05, 0) is 51.0 Å². The van der Waals surface area contributed by atoms with Crippen LogP contribution in [-0.4, -0.2) is 26.8 Å². The van der Waals surface area contributed by atoms with Crippen molar-refractivity contribution in [3.8, 4) is 11.4 Å². The van der Waals surface area contributed by atoms with Crippen LogP contribution in [0.1, 0.15) is 70.9 Å². The van der Waals surface area contributed by atoms with Gasteiger partial charge in [0.1, 0.15) is 6.04 Å². The van der Waals surface area contributed by atoms with Gasteiger partial charge in [0.15, 0.2) is 5.78 Å². The second-order valence-corrected chi connectivity index (χ2v) is 7.03. The number of aromatic nitrogens is 3. The van der Waals surface area contributed by atoms with Crippen molar-refractivity contribution in [1.29, 1.82) is 0 Å². The maximum atomic E-state index is 12.5. The second kappa shape index (κ2) is 7.34. The molecular formula is C21H20N4O3. The van der Waals surface area contributed by atoms with Crippen molar-refractivity contribution in [2.45, 2.75) is 38.6 Å². The molecule has 4 rings (SSSR count). The molecule has 0 radical (unpaired) electrons. The summed E-state index contributed by atoms with van der Waals surface area (Å²) in [6.45, 7) is 3.24. The first-order valence-corrected chi connectivity index (χ1v) is 9.23. The summed E-state index contributed by atoms with van der Waals surface area (Å²) in [5, 5.41) is 6.86. The fourth-order valence-corrected chi connectivity index (χ4v) is 2.94. The molecule has 0 saturated heterocycles. The highest BCUT2D eigenvalue weighted by Crippen LogP contribution is 2.39. The van der Waals surface area contributed by atoms with Gasteiger partial charge < -0.3 is 9.84 Å². The van der Waals surface area contributed by atoms with Gasteiger partial charge in [0, 0.05) is 34.5 Å². The minimum atomic E-state index is -0.473. The molecule has 0 aliphatic heterocycles. The highest BCUT2D eigenvalue weighted by Gasteiger charge is 2.26. The van der Waals surface area contributed by atoms with Crippen LogP contribution in [0.3, 0.4) is 0 Å². The van der Waals surface area contributed by atoms with E-state index >= 15 is 0 Å². The lowest BCUT2D eigenvalue weighted by Crippen LogP contribution is -2.27. The Hall–Kier alpha value is -3.35. The van der Waals surface area contributed by atoms with E-state index in [1.165, 1.54) is 19.8 Å². The van der Waals surface area contributed by atoms with Gasteiger partial charge in [0.05, 0.1) is 0 Å². The van der Waals surface area contributed by atoms with Gasteiger partial charge in [-0.1, -0.05) is 17.3 Å². The van der Waals surface area contributed by atoms with E-state index in [0.29, 0.717) is 28.8 Å². The van der Waals surface area contributed by atoms with Crippen molar-refractivity contribution in [3.05, 3.63) is 65.3 Å². The van der Waals surface area contributed by atoms with Crippen LogP contribution in [0.25, 0.3) is 11.4 Å². The number of nitrogens with zero attached hydrogens (tertiary/aromatic N) is 3. The Balaban J connectivity index is 1.48. The molecule has 3 aromatic rings. The van der Waals surface area contributed by atoms with Crippen LogP contribution in [0.2, 0.25) is 0 Å². The fourth-order valence-electron chi connectivity index (χ4n) is 2.94. The van der Waals surface area contributed by atoms with Gasteiger partial charge in [-0.25, -0.2) is 0 Å². The molecule has 142 valence electrons. The first-order valence-electron chi connectivity index (χ1n) is 9.23. The summed E-state index contributed by atoms with van der Waals surface area (Å²) < 4.78 is 5.35. The molecule has 28 heavy (non-hydrogen) atoms. The second-order valence-electron chi connectivity index (χ2n) is 7.03. The first-order chi connectivity index (χ1) is 13.5. The summed E-state index contributed by atoms with van der Waals surface area (Å²) in [6.07, 6.45) is 4.09. The lowest BCUT2D eigenvalue weighted by Gasteiger charge is -2.10. The summed E-state index contributed by atoms with van der Waals surface area (Å²) in [5.74, 6) is 0.924. The molecule has 1 saturated carbocycles. The van der Waals surface area contributed by atoms with Crippen LogP contribution < -0.4 is 5.32 Å². The summed E-state index contributed by atoms with van der Waals surface area (Å²) in [5.41, 5.74) is 2.79. The smallest absolute Gasteiger partial charge is 0.251 e. The average Bonchev–Trinajstić information content (AvgIpc) is 3.44. The third kappa shape index (κ3) is 3.83. The zero-order valence-corrected chi connectivity index (χ0v) is 15.7. The Morgan fingerprint density at radius 1 is 1.18 bits per heavy atom. The molecule has 7 nitrogen and oxygen atoms in total. The van der Waals surface area contributed by atoms with Gasteiger partial charge in [-0.3, -0.25) is 14.6 Å². The van der Waals surface area contributed by atoms with Crippen molar-refractivity contribution in [3.63, 3.8) is 0 Å². The number of carbonyl (C=O) groups excluding carboxylic acids is 2. The zero-order chi connectivity index (χ0) is 19.7. The molecule has 1 aromatic carbocycles. The Morgan fingerprint density at radius 2 is 1.96 bits per heavy atom. The summed E-state index contributed by atoms with van der Waals surface area (Å²) in [6, 6.07) is 9.95. The van der Waals surface area contributed by atoms with Crippen LogP contribution in [0.15, 0.2) is 47.1 Å². The van der Waals surface area contributed by atoms with Crippen molar-refractivity contribution < 1.29 is 14.1 Å². The predicted molar refractivity (Wildman–Crippen MR) is 102 cm³/mol. The van der Waals surface area contributed by atoms with Crippen molar-refractivity contribution >= 4 is 11.7 Å². The topological polar surface area (TPSA) is 98.0 Å². The van der Waals surface area contributed by atoms with E-state index in [9.17, 15) is 9.59 Å². The minimum Gasteiger partial charge on any atom is -0.341 e. The maximum Gasteiger partial charge on any atom is 0.251 e. The molecule has 0 bridgehead atoms. The molecule has 7 heteroatoms. The number of Topliss-reactive ketones (excluding diaryl/α,β-unsaturated/α-hetero) is 1. The number of hydrogen-bond donors (Lipinski definition) is 1. The Morgan fingerprint density at radius 3 is 2.71 bits per heavy atom. The molecule has 0 unspecified atom stereocenters. The molecular weight excluding hydrogens is 356 g/mol. The SMILES string of the molecule is CC(=O)c1cccc(C(=O)N[C@@H](C)c2nc(-c3ccnc(C4CC4)c3)no2)c1. The highest BCUT2D eigenvalue weighted by molar-refractivity contribution is 5.99. The Labute approximate surface area is 162 Å². The van der Waals surface area contributed by atoms with Crippen LogP contribution in [0.5, 0.6) is 0 Å². The van der Waals surface area contributed by atoms with Gasteiger partial charge >= 0.3 is 0 Å². The van der Waals surface area contributed by atoms with Crippen LogP contribution >= 0.6 is 0 Å². The number of nitrogens with one attached hydrogen (secondary N) is 1. The summed E-state index contributed by atoms with van der Waals surface area (Å²) in [7, 11) is 0. The van der Waals surface area contributed by atoms with E-state index in [0.717, 1.165) is 11.3 Å². The third-order valence-electron chi connectivity index (χ3n) is 4.73. The normalized spacial score (nSPS) is 14.5. The number of rotatable bonds is 6. The number of amides is 1. The molecule has 1 amide bonds. The van der Waals surface area contributed by atoms with E-state index in [1.807, 2.05) is 12.1 Å². The van der Waals surface area contributed by atoms with Gasteiger partial charge in [0.2, 0.25) is 11.7 Å².